The van der Waals surface area contributed by atoms with Crippen molar-refractivity contribution in [1.29, 1.82) is 0 Å². The molecular weight excluding hydrogens is 220 g/mol. The summed E-state index contributed by atoms with van der Waals surface area (Å²) in [4.78, 5) is 4.38. The highest BCUT2D eigenvalue weighted by atomic mass is 14.9. The lowest BCUT2D eigenvalue weighted by Crippen LogP contribution is -2.16. The molecule has 0 spiro atoms. The third-order valence-corrected chi connectivity index (χ3v) is 3.23. The molecular formula is C16H22N2. The topological polar surface area (TPSA) is 24.9 Å². The largest absolute Gasteiger partial charge is 0.382 e. The molecule has 1 unspecified atom stereocenters. The molecule has 2 heteroatoms. The number of nitrogens with one attached hydrogen (secondary N) is 1. The van der Waals surface area contributed by atoms with E-state index in [4.69, 9.17) is 0 Å². The van der Waals surface area contributed by atoms with Crippen LogP contribution in [-0.2, 0) is 0 Å². The van der Waals surface area contributed by atoms with Gasteiger partial charge in [0.25, 0.3) is 0 Å². The number of aromatic nitrogens is 1. The Morgan fingerprint density at radius 2 is 1.83 bits per heavy atom. The number of fused-ring (bicyclic) bond motifs is 1. The zero-order valence-electron chi connectivity index (χ0n) is 11.5. The van der Waals surface area contributed by atoms with Crippen LogP contribution in [0, 0.1) is 5.92 Å². The number of hydrogen-bond acceptors (Lipinski definition) is 2. The summed E-state index contributed by atoms with van der Waals surface area (Å²) < 4.78 is 0. The number of benzene rings is 1. The van der Waals surface area contributed by atoms with Gasteiger partial charge < -0.3 is 5.32 Å². The lowest BCUT2D eigenvalue weighted by atomic mass is 10.0. The zero-order chi connectivity index (χ0) is 13.0. The van der Waals surface area contributed by atoms with Gasteiger partial charge in [-0.15, -0.1) is 0 Å². The number of pyridine rings is 1. The van der Waals surface area contributed by atoms with Gasteiger partial charge in [-0.25, -0.2) is 0 Å². The van der Waals surface area contributed by atoms with Crippen LogP contribution in [0.15, 0.2) is 36.5 Å². The third kappa shape index (κ3) is 3.22. The van der Waals surface area contributed by atoms with E-state index in [-0.39, 0.29) is 0 Å². The number of anilines is 1. The normalized spacial score (nSPS) is 12.9. The molecule has 0 fully saturated rings. The Balaban J connectivity index is 2.11. The van der Waals surface area contributed by atoms with E-state index in [1.165, 1.54) is 23.9 Å². The molecule has 0 aliphatic rings. The van der Waals surface area contributed by atoms with Gasteiger partial charge >= 0.3 is 0 Å². The predicted octanol–water partition coefficient (Wildman–Crippen LogP) is 4.47. The van der Waals surface area contributed by atoms with Crippen LogP contribution in [0.5, 0.6) is 0 Å². The van der Waals surface area contributed by atoms with E-state index in [9.17, 15) is 0 Å². The second kappa shape index (κ2) is 5.85. The van der Waals surface area contributed by atoms with Crippen molar-refractivity contribution < 1.29 is 0 Å². The van der Waals surface area contributed by atoms with Gasteiger partial charge in [0.2, 0.25) is 0 Å². The number of rotatable bonds is 5. The van der Waals surface area contributed by atoms with Crippen LogP contribution < -0.4 is 5.32 Å². The van der Waals surface area contributed by atoms with Crippen molar-refractivity contribution in [3.63, 3.8) is 0 Å². The summed E-state index contributed by atoms with van der Waals surface area (Å²) in [6.45, 7) is 6.79. The summed E-state index contributed by atoms with van der Waals surface area (Å²) in [5, 5.41) is 4.81. The van der Waals surface area contributed by atoms with E-state index in [1.807, 2.05) is 12.3 Å². The lowest BCUT2D eigenvalue weighted by Gasteiger charge is -2.17. The van der Waals surface area contributed by atoms with E-state index in [2.05, 4.69) is 55.3 Å². The molecule has 2 aromatic rings. The van der Waals surface area contributed by atoms with Gasteiger partial charge in [0.05, 0.1) is 5.52 Å². The molecule has 0 radical (unpaired) electrons. The Labute approximate surface area is 109 Å². The Kier molecular flexibility index (Phi) is 4.19. The predicted molar refractivity (Wildman–Crippen MR) is 78.9 cm³/mol. The molecule has 0 saturated heterocycles. The second-order valence-electron chi connectivity index (χ2n) is 5.39. The molecule has 1 aromatic heterocycles. The highest BCUT2D eigenvalue weighted by Gasteiger charge is 2.06. The summed E-state index contributed by atoms with van der Waals surface area (Å²) in [6, 6.07) is 10.8. The number of hydrogen-bond donors (Lipinski definition) is 1. The summed E-state index contributed by atoms with van der Waals surface area (Å²) >= 11 is 0. The Morgan fingerprint density at radius 1 is 1.06 bits per heavy atom. The molecule has 0 aliphatic carbocycles. The first-order valence-electron chi connectivity index (χ1n) is 6.77. The fourth-order valence-corrected chi connectivity index (χ4v) is 2.14. The van der Waals surface area contributed by atoms with Crippen molar-refractivity contribution in [2.24, 2.45) is 5.92 Å². The average Bonchev–Trinajstić information content (AvgIpc) is 2.37. The lowest BCUT2D eigenvalue weighted by molar-refractivity contribution is 0.528. The maximum absolute atomic E-state index is 4.38. The van der Waals surface area contributed by atoms with Crippen molar-refractivity contribution in [2.75, 3.05) is 5.32 Å². The molecule has 2 rings (SSSR count). The first-order valence-corrected chi connectivity index (χ1v) is 6.77. The van der Waals surface area contributed by atoms with E-state index in [1.54, 1.807) is 0 Å². The molecule has 0 amide bonds. The molecule has 18 heavy (non-hydrogen) atoms. The minimum absolute atomic E-state index is 0.498. The van der Waals surface area contributed by atoms with Crippen molar-refractivity contribution in [3.05, 3.63) is 36.5 Å². The first kappa shape index (κ1) is 12.9. The first-order chi connectivity index (χ1) is 8.66. The van der Waals surface area contributed by atoms with E-state index in [0.717, 1.165) is 11.4 Å². The highest BCUT2D eigenvalue weighted by Crippen LogP contribution is 2.22. The molecule has 1 aromatic carbocycles. The van der Waals surface area contributed by atoms with Crippen molar-refractivity contribution in [3.8, 4) is 0 Å². The smallest absolute Gasteiger partial charge is 0.0722 e. The molecule has 2 nitrogen and oxygen atoms in total. The van der Waals surface area contributed by atoms with Crippen LogP contribution in [-0.4, -0.2) is 11.0 Å². The zero-order valence-corrected chi connectivity index (χ0v) is 11.5. The standard InChI is InChI=1S/C16H22N2/c1-12(2)8-9-13(3)18-16-10-11-17-15-7-5-4-6-14(15)16/h4-7,10-13H,8-9H2,1-3H3,(H,17,18). The van der Waals surface area contributed by atoms with Crippen LogP contribution in [0.1, 0.15) is 33.6 Å². The SMILES string of the molecule is CC(C)CCC(C)Nc1ccnc2ccccc12. The Morgan fingerprint density at radius 3 is 2.61 bits per heavy atom. The molecule has 96 valence electrons. The number of nitrogens with zero attached hydrogens (tertiary/aromatic N) is 1. The van der Waals surface area contributed by atoms with E-state index >= 15 is 0 Å². The molecule has 1 heterocycles. The van der Waals surface area contributed by atoms with Crippen molar-refractivity contribution in [2.45, 2.75) is 39.7 Å². The van der Waals surface area contributed by atoms with Gasteiger partial charge in [-0.2, -0.15) is 0 Å². The number of para-hydroxylation sites is 1. The summed E-state index contributed by atoms with van der Waals surface area (Å²) in [7, 11) is 0. The van der Waals surface area contributed by atoms with E-state index < -0.39 is 0 Å². The molecule has 0 bridgehead atoms. The van der Waals surface area contributed by atoms with E-state index in [0.29, 0.717) is 6.04 Å². The Hall–Kier alpha value is -1.57. The summed E-state index contributed by atoms with van der Waals surface area (Å²) in [5.74, 6) is 0.767. The molecule has 1 N–H and O–H groups in total. The summed E-state index contributed by atoms with van der Waals surface area (Å²) in [5.41, 5.74) is 2.25. The molecule has 0 saturated carbocycles. The van der Waals surface area contributed by atoms with Crippen molar-refractivity contribution >= 4 is 16.6 Å². The van der Waals surface area contributed by atoms with Crippen LogP contribution in [0.25, 0.3) is 10.9 Å². The fraction of sp³-hybridized carbons (Fsp3) is 0.438. The maximum atomic E-state index is 4.38. The van der Waals surface area contributed by atoms with Crippen LogP contribution in [0.4, 0.5) is 5.69 Å². The minimum atomic E-state index is 0.498. The van der Waals surface area contributed by atoms with Gasteiger partial charge in [-0.1, -0.05) is 32.0 Å². The van der Waals surface area contributed by atoms with Crippen LogP contribution in [0.2, 0.25) is 0 Å². The average molecular weight is 242 g/mol. The van der Waals surface area contributed by atoms with Crippen molar-refractivity contribution in [1.82, 2.24) is 4.98 Å². The third-order valence-electron chi connectivity index (χ3n) is 3.23. The second-order valence-corrected chi connectivity index (χ2v) is 5.39. The van der Waals surface area contributed by atoms with Crippen LogP contribution >= 0.6 is 0 Å². The maximum Gasteiger partial charge on any atom is 0.0722 e. The monoisotopic (exact) mass is 242 g/mol. The van der Waals surface area contributed by atoms with Gasteiger partial charge in [0.15, 0.2) is 0 Å². The van der Waals surface area contributed by atoms with Gasteiger partial charge in [-0.3, -0.25) is 4.98 Å². The molecule has 0 aliphatic heterocycles. The quantitative estimate of drug-likeness (QED) is 0.836. The fourth-order valence-electron chi connectivity index (χ4n) is 2.14. The summed E-state index contributed by atoms with van der Waals surface area (Å²) in [6.07, 6.45) is 4.34. The van der Waals surface area contributed by atoms with Gasteiger partial charge in [0, 0.05) is 23.3 Å². The minimum Gasteiger partial charge on any atom is -0.382 e. The molecule has 1 atom stereocenters. The highest BCUT2D eigenvalue weighted by molar-refractivity contribution is 5.90. The van der Waals surface area contributed by atoms with Gasteiger partial charge in [-0.05, 0) is 37.8 Å². The van der Waals surface area contributed by atoms with Crippen LogP contribution in [0.3, 0.4) is 0 Å². The van der Waals surface area contributed by atoms with Gasteiger partial charge in [0.1, 0.15) is 0 Å². The Bertz CT molecular complexity index is 500.